The van der Waals surface area contributed by atoms with E-state index in [-0.39, 0.29) is 0 Å². The normalized spacial score (nSPS) is 11.9. The molecule has 0 aliphatic carbocycles. The third-order valence-electron chi connectivity index (χ3n) is 4.57. The number of halogens is 1. The fourth-order valence-corrected chi connectivity index (χ4v) is 3.39. The molecule has 140 valence electrons. The van der Waals surface area contributed by atoms with Gasteiger partial charge in [0.25, 0.3) is 0 Å². The molecule has 0 fully saturated rings. The molecule has 0 saturated carbocycles. The summed E-state index contributed by atoms with van der Waals surface area (Å²) in [5.41, 5.74) is 3.56. The molecule has 0 bridgehead atoms. The van der Waals surface area contributed by atoms with Crippen LogP contribution < -0.4 is 10.1 Å². The Hall–Kier alpha value is -2.29. The van der Waals surface area contributed by atoms with Crippen molar-refractivity contribution in [2.24, 2.45) is 0 Å². The molecule has 0 aliphatic heterocycles. The van der Waals surface area contributed by atoms with Gasteiger partial charge in [-0.2, -0.15) is 0 Å². The van der Waals surface area contributed by atoms with E-state index in [1.165, 1.54) is 5.56 Å². The van der Waals surface area contributed by atoms with Crippen LogP contribution in [-0.2, 0) is 13.2 Å². The average Bonchev–Trinajstić information content (AvgIpc) is 2.71. The van der Waals surface area contributed by atoms with Crippen LogP contribution in [-0.4, -0.2) is 0 Å². The molecule has 1 unspecified atom stereocenters. The predicted molar refractivity (Wildman–Crippen MR) is 113 cm³/mol. The first-order valence-corrected chi connectivity index (χ1v) is 9.87. The van der Waals surface area contributed by atoms with Crippen LogP contribution >= 0.6 is 11.6 Å². The summed E-state index contributed by atoms with van der Waals surface area (Å²) in [5, 5.41) is 4.43. The Bertz CT molecular complexity index is 835. The number of nitrogens with one attached hydrogen (secondary N) is 1. The maximum Gasteiger partial charge on any atom is 0.124 e. The lowest BCUT2D eigenvalue weighted by Crippen LogP contribution is -2.21. The third-order valence-corrected chi connectivity index (χ3v) is 4.81. The van der Waals surface area contributed by atoms with E-state index < -0.39 is 0 Å². The van der Waals surface area contributed by atoms with Crippen LogP contribution in [0.5, 0.6) is 5.75 Å². The number of ether oxygens (including phenoxy) is 1. The van der Waals surface area contributed by atoms with E-state index in [1.54, 1.807) is 0 Å². The highest BCUT2D eigenvalue weighted by Crippen LogP contribution is 2.23. The Kier molecular flexibility index (Phi) is 7.32. The summed E-state index contributed by atoms with van der Waals surface area (Å²) in [6.45, 7) is 3.50. The Balaban J connectivity index is 1.66. The van der Waals surface area contributed by atoms with Gasteiger partial charge in [0.05, 0.1) is 0 Å². The Labute approximate surface area is 167 Å². The zero-order valence-corrected chi connectivity index (χ0v) is 16.5. The van der Waals surface area contributed by atoms with E-state index in [4.69, 9.17) is 16.3 Å². The van der Waals surface area contributed by atoms with Crippen molar-refractivity contribution in [1.29, 1.82) is 0 Å². The van der Waals surface area contributed by atoms with E-state index in [0.29, 0.717) is 12.6 Å². The van der Waals surface area contributed by atoms with Crippen LogP contribution in [0.1, 0.15) is 42.5 Å². The van der Waals surface area contributed by atoms with Crippen molar-refractivity contribution in [2.75, 3.05) is 0 Å². The summed E-state index contributed by atoms with van der Waals surface area (Å²) < 4.78 is 6.08. The minimum Gasteiger partial charge on any atom is -0.489 e. The molecule has 0 radical (unpaired) electrons. The molecule has 3 aromatic rings. The average molecular weight is 380 g/mol. The minimum atomic E-state index is 0.345. The maximum atomic E-state index is 6.08. The van der Waals surface area contributed by atoms with Crippen LogP contribution in [0, 0.1) is 0 Å². The minimum absolute atomic E-state index is 0.345. The summed E-state index contributed by atoms with van der Waals surface area (Å²) in [6.07, 6.45) is 2.25. The maximum absolute atomic E-state index is 6.08. The molecule has 1 atom stereocenters. The SMILES string of the molecule is CCCC(NCc1ccccc1OCc1cccc(Cl)c1)c1ccccc1. The second-order valence-corrected chi connectivity index (χ2v) is 7.10. The van der Waals surface area contributed by atoms with Crippen molar-refractivity contribution in [3.8, 4) is 5.75 Å². The second kappa shape index (κ2) is 10.1. The number of hydrogen-bond acceptors (Lipinski definition) is 2. The molecule has 0 heterocycles. The molecule has 0 amide bonds. The smallest absolute Gasteiger partial charge is 0.124 e. The fraction of sp³-hybridized carbons (Fsp3) is 0.250. The van der Waals surface area contributed by atoms with E-state index in [9.17, 15) is 0 Å². The molecule has 0 aliphatic rings. The van der Waals surface area contributed by atoms with Crippen LogP contribution in [0.4, 0.5) is 0 Å². The highest BCUT2D eigenvalue weighted by atomic mass is 35.5. The number of rotatable bonds is 9. The van der Waals surface area contributed by atoms with Gasteiger partial charge in [-0.1, -0.05) is 85.6 Å². The van der Waals surface area contributed by atoms with Gasteiger partial charge in [0.15, 0.2) is 0 Å². The molecular formula is C24H26ClNO. The van der Waals surface area contributed by atoms with Gasteiger partial charge in [-0.25, -0.2) is 0 Å². The summed E-state index contributed by atoms with van der Waals surface area (Å²) in [7, 11) is 0. The Morgan fingerprint density at radius 1 is 0.926 bits per heavy atom. The number of benzene rings is 3. The van der Waals surface area contributed by atoms with Crippen LogP contribution in [0.25, 0.3) is 0 Å². The quantitative estimate of drug-likeness (QED) is 0.455. The van der Waals surface area contributed by atoms with E-state index >= 15 is 0 Å². The monoisotopic (exact) mass is 379 g/mol. The topological polar surface area (TPSA) is 21.3 Å². The molecule has 0 saturated heterocycles. The zero-order chi connectivity index (χ0) is 18.9. The molecular weight excluding hydrogens is 354 g/mol. The third kappa shape index (κ3) is 5.85. The van der Waals surface area contributed by atoms with E-state index in [2.05, 4.69) is 54.7 Å². The second-order valence-electron chi connectivity index (χ2n) is 6.66. The van der Waals surface area contributed by atoms with Gasteiger partial charge < -0.3 is 10.1 Å². The van der Waals surface area contributed by atoms with Crippen molar-refractivity contribution in [1.82, 2.24) is 5.32 Å². The lowest BCUT2D eigenvalue weighted by atomic mass is 10.0. The largest absolute Gasteiger partial charge is 0.489 e. The van der Waals surface area contributed by atoms with Crippen molar-refractivity contribution < 1.29 is 4.74 Å². The molecule has 27 heavy (non-hydrogen) atoms. The number of para-hydroxylation sites is 1. The number of hydrogen-bond donors (Lipinski definition) is 1. The van der Waals surface area contributed by atoms with Gasteiger partial charge in [-0.05, 0) is 35.7 Å². The summed E-state index contributed by atoms with van der Waals surface area (Å²) in [6, 6.07) is 27.0. The summed E-state index contributed by atoms with van der Waals surface area (Å²) >= 11 is 6.06. The molecule has 1 N–H and O–H groups in total. The van der Waals surface area contributed by atoms with Crippen molar-refractivity contribution in [3.05, 3.63) is 101 Å². The van der Waals surface area contributed by atoms with Gasteiger partial charge >= 0.3 is 0 Å². The van der Waals surface area contributed by atoms with E-state index in [0.717, 1.165) is 41.3 Å². The van der Waals surface area contributed by atoms with Gasteiger partial charge in [-0.15, -0.1) is 0 Å². The summed E-state index contributed by atoms with van der Waals surface area (Å²) in [4.78, 5) is 0. The first-order chi connectivity index (χ1) is 13.3. The van der Waals surface area contributed by atoms with Gasteiger partial charge in [0.2, 0.25) is 0 Å². The zero-order valence-electron chi connectivity index (χ0n) is 15.7. The first-order valence-electron chi connectivity index (χ1n) is 9.49. The highest BCUT2D eigenvalue weighted by molar-refractivity contribution is 6.30. The molecule has 2 nitrogen and oxygen atoms in total. The van der Waals surface area contributed by atoms with Crippen molar-refractivity contribution >= 4 is 11.6 Å². The first kappa shape index (κ1) is 19.5. The lowest BCUT2D eigenvalue weighted by Gasteiger charge is -2.20. The van der Waals surface area contributed by atoms with Gasteiger partial charge in [-0.3, -0.25) is 0 Å². The van der Waals surface area contributed by atoms with Crippen molar-refractivity contribution in [2.45, 2.75) is 39.0 Å². The Morgan fingerprint density at radius 2 is 1.70 bits per heavy atom. The fourth-order valence-electron chi connectivity index (χ4n) is 3.17. The van der Waals surface area contributed by atoms with Gasteiger partial charge in [0.1, 0.15) is 12.4 Å². The standard InChI is InChI=1S/C24H26ClNO/c1-2-9-23(20-11-4-3-5-12-20)26-17-21-13-6-7-15-24(21)27-18-19-10-8-14-22(25)16-19/h3-8,10-16,23,26H,2,9,17-18H2,1H3. The van der Waals surface area contributed by atoms with Crippen LogP contribution in [0.2, 0.25) is 5.02 Å². The predicted octanol–water partition coefficient (Wildman–Crippen LogP) is 6.55. The molecule has 3 aromatic carbocycles. The van der Waals surface area contributed by atoms with Crippen molar-refractivity contribution in [3.63, 3.8) is 0 Å². The summed E-state index contributed by atoms with van der Waals surface area (Å²) in [5.74, 6) is 0.910. The van der Waals surface area contributed by atoms with E-state index in [1.807, 2.05) is 36.4 Å². The molecule has 0 spiro atoms. The van der Waals surface area contributed by atoms with Gasteiger partial charge in [0, 0.05) is 23.2 Å². The highest BCUT2D eigenvalue weighted by Gasteiger charge is 2.11. The van der Waals surface area contributed by atoms with Crippen LogP contribution in [0.15, 0.2) is 78.9 Å². The molecule has 0 aromatic heterocycles. The Morgan fingerprint density at radius 3 is 2.48 bits per heavy atom. The molecule has 3 heteroatoms. The lowest BCUT2D eigenvalue weighted by molar-refractivity contribution is 0.301. The molecule has 3 rings (SSSR count). The van der Waals surface area contributed by atoms with Crippen LogP contribution in [0.3, 0.4) is 0 Å².